The van der Waals surface area contributed by atoms with Gasteiger partial charge in [0.25, 0.3) is 0 Å². The topological polar surface area (TPSA) is 58.6 Å². The lowest BCUT2D eigenvalue weighted by molar-refractivity contribution is -0.0146. The summed E-state index contributed by atoms with van der Waals surface area (Å²) in [6.07, 6.45) is 10.6. The molecule has 2 aliphatic rings. The van der Waals surface area contributed by atoms with Crippen LogP contribution >= 0.6 is 0 Å². The Hall–Kier alpha value is -1.27. The molecule has 26 heavy (non-hydrogen) atoms. The average Bonchev–Trinajstić information content (AvgIpc) is 2.59. The molecule has 1 spiro atoms. The molecular formula is C20H32N2O3S. The van der Waals surface area contributed by atoms with Crippen LogP contribution in [0.25, 0.3) is 0 Å². The highest BCUT2D eigenvalue weighted by Gasteiger charge is 2.39. The summed E-state index contributed by atoms with van der Waals surface area (Å²) >= 11 is 0. The number of nitrogens with zero attached hydrogens (tertiary/aromatic N) is 1. The molecule has 5 nitrogen and oxygen atoms in total. The van der Waals surface area contributed by atoms with E-state index < -0.39 is 10.0 Å². The molecule has 1 fully saturated rings. The molecule has 0 radical (unpaired) electrons. The van der Waals surface area contributed by atoms with Crippen LogP contribution in [0.4, 0.5) is 5.69 Å². The van der Waals surface area contributed by atoms with E-state index in [4.69, 9.17) is 4.74 Å². The smallest absolute Gasteiger partial charge is 0.229 e. The first-order chi connectivity index (χ1) is 12.4. The van der Waals surface area contributed by atoms with Gasteiger partial charge in [0.2, 0.25) is 10.0 Å². The SMILES string of the molecule is CCCCCCN1CCC2(CCc3cc(NS(C)(=O)=O)ccc3O2)CC1. The zero-order valence-corrected chi connectivity index (χ0v) is 16.9. The predicted molar refractivity (Wildman–Crippen MR) is 106 cm³/mol. The molecule has 0 bridgehead atoms. The van der Waals surface area contributed by atoms with Crippen molar-refractivity contribution in [2.75, 3.05) is 30.6 Å². The van der Waals surface area contributed by atoms with E-state index >= 15 is 0 Å². The third-order valence-corrected chi connectivity index (χ3v) is 6.24. The Kier molecular flexibility index (Phi) is 6.13. The second-order valence-electron chi connectivity index (χ2n) is 7.88. The molecule has 0 aromatic heterocycles. The van der Waals surface area contributed by atoms with Gasteiger partial charge in [0, 0.05) is 18.8 Å². The van der Waals surface area contributed by atoms with Crippen molar-refractivity contribution in [3.05, 3.63) is 23.8 Å². The van der Waals surface area contributed by atoms with Gasteiger partial charge in [0.05, 0.1) is 6.26 Å². The summed E-state index contributed by atoms with van der Waals surface area (Å²) in [6.45, 7) is 5.71. The second kappa shape index (κ2) is 8.17. The van der Waals surface area contributed by atoms with Gasteiger partial charge in [0.1, 0.15) is 11.4 Å². The van der Waals surface area contributed by atoms with Gasteiger partial charge in [-0.25, -0.2) is 8.42 Å². The highest BCUT2D eigenvalue weighted by atomic mass is 32.2. The minimum absolute atomic E-state index is 0.0291. The van der Waals surface area contributed by atoms with Crippen molar-refractivity contribution in [1.82, 2.24) is 4.90 Å². The summed E-state index contributed by atoms with van der Waals surface area (Å²) in [5, 5.41) is 0. The summed E-state index contributed by atoms with van der Waals surface area (Å²) in [7, 11) is -3.24. The maximum Gasteiger partial charge on any atom is 0.229 e. The lowest BCUT2D eigenvalue weighted by Crippen LogP contribution is -2.49. The quantitative estimate of drug-likeness (QED) is 0.731. The van der Waals surface area contributed by atoms with Gasteiger partial charge in [0.15, 0.2) is 0 Å². The van der Waals surface area contributed by atoms with Gasteiger partial charge in [-0.2, -0.15) is 0 Å². The van der Waals surface area contributed by atoms with Gasteiger partial charge < -0.3 is 9.64 Å². The van der Waals surface area contributed by atoms with Crippen LogP contribution in [0.5, 0.6) is 5.75 Å². The van der Waals surface area contributed by atoms with Crippen LogP contribution in [0.2, 0.25) is 0 Å². The van der Waals surface area contributed by atoms with E-state index in [1.54, 1.807) is 6.07 Å². The first kappa shape index (κ1) is 19.5. The van der Waals surface area contributed by atoms with Gasteiger partial charge in [-0.3, -0.25) is 4.72 Å². The number of piperidine rings is 1. The Morgan fingerprint density at radius 1 is 1.15 bits per heavy atom. The summed E-state index contributed by atoms with van der Waals surface area (Å²) in [5.41, 5.74) is 1.69. The molecule has 1 N–H and O–H groups in total. The average molecular weight is 381 g/mol. The van der Waals surface area contributed by atoms with Crippen molar-refractivity contribution in [3.63, 3.8) is 0 Å². The fourth-order valence-corrected chi connectivity index (χ4v) is 4.65. The molecule has 3 rings (SSSR count). The number of ether oxygens (including phenoxy) is 1. The first-order valence-electron chi connectivity index (χ1n) is 9.91. The number of hydrogen-bond acceptors (Lipinski definition) is 4. The number of aryl methyl sites for hydroxylation is 1. The minimum atomic E-state index is -3.24. The van der Waals surface area contributed by atoms with Crippen molar-refractivity contribution in [1.29, 1.82) is 0 Å². The van der Waals surface area contributed by atoms with E-state index in [1.165, 1.54) is 38.5 Å². The van der Waals surface area contributed by atoms with Gasteiger partial charge in [-0.1, -0.05) is 26.2 Å². The summed E-state index contributed by atoms with van der Waals surface area (Å²) in [6, 6.07) is 5.62. The Balaban J connectivity index is 1.55. The molecule has 2 heterocycles. The lowest BCUT2D eigenvalue weighted by atomic mass is 9.83. The van der Waals surface area contributed by atoms with E-state index in [2.05, 4.69) is 16.5 Å². The first-order valence-corrected chi connectivity index (χ1v) is 11.8. The normalized spacial score (nSPS) is 19.8. The number of nitrogens with one attached hydrogen (secondary N) is 1. The number of fused-ring (bicyclic) bond motifs is 1. The van der Waals surface area contributed by atoms with Crippen LogP contribution in [0.15, 0.2) is 18.2 Å². The predicted octanol–water partition coefficient (Wildman–Crippen LogP) is 3.80. The van der Waals surface area contributed by atoms with Crippen molar-refractivity contribution < 1.29 is 13.2 Å². The number of unbranched alkanes of at least 4 members (excludes halogenated alkanes) is 3. The number of likely N-dealkylation sites (tertiary alicyclic amines) is 1. The van der Waals surface area contributed by atoms with Crippen molar-refractivity contribution in [3.8, 4) is 5.75 Å². The fourth-order valence-electron chi connectivity index (χ4n) is 4.10. The van der Waals surface area contributed by atoms with Gasteiger partial charge in [-0.15, -0.1) is 0 Å². The summed E-state index contributed by atoms with van der Waals surface area (Å²) < 4.78 is 31.8. The number of sulfonamides is 1. The molecule has 6 heteroatoms. The highest BCUT2D eigenvalue weighted by Crippen LogP contribution is 2.40. The lowest BCUT2D eigenvalue weighted by Gasteiger charge is -2.44. The molecule has 0 atom stereocenters. The van der Waals surface area contributed by atoms with Crippen molar-refractivity contribution in [2.24, 2.45) is 0 Å². The van der Waals surface area contributed by atoms with E-state index in [0.29, 0.717) is 5.69 Å². The van der Waals surface area contributed by atoms with E-state index in [-0.39, 0.29) is 5.60 Å². The number of hydrogen-bond donors (Lipinski definition) is 1. The molecule has 146 valence electrons. The van der Waals surface area contributed by atoms with Crippen LogP contribution in [0.1, 0.15) is 57.4 Å². The molecule has 0 saturated carbocycles. The molecule has 2 aliphatic heterocycles. The third-order valence-electron chi connectivity index (χ3n) is 5.64. The molecular weight excluding hydrogens is 348 g/mol. The molecule has 1 aromatic carbocycles. The minimum Gasteiger partial charge on any atom is -0.487 e. The second-order valence-corrected chi connectivity index (χ2v) is 9.63. The fraction of sp³-hybridized carbons (Fsp3) is 0.700. The summed E-state index contributed by atoms with van der Waals surface area (Å²) in [5.74, 6) is 0.923. The van der Waals surface area contributed by atoms with E-state index in [0.717, 1.165) is 50.1 Å². The molecule has 0 aliphatic carbocycles. The summed E-state index contributed by atoms with van der Waals surface area (Å²) in [4.78, 5) is 2.58. The maximum absolute atomic E-state index is 11.4. The highest BCUT2D eigenvalue weighted by molar-refractivity contribution is 7.92. The zero-order valence-electron chi connectivity index (χ0n) is 16.1. The Morgan fingerprint density at radius 3 is 2.62 bits per heavy atom. The molecule has 0 amide bonds. The van der Waals surface area contributed by atoms with Crippen molar-refractivity contribution >= 4 is 15.7 Å². The standard InChI is InChI=1S/C20H32N2O3S/c1-3-4-5-6-13-22-14-11-20(12-15-22)10-9-17-16-18(21-26(2,23)24)7-8-19(17)25-20/h7-8,16,21H,3-6,9-15H2,1-2H3. The Morgan fingerprint density at radius 2 is 1.92 bits per heavy atom. The number of anilines is 1. The van der Waals surface area contributed by atoms with Gasteiger partial charge in [-0.05, 0) is 62.4 Å². The number of rotatable bonds is 7. The Labute approximate surface area is 158 Å². The van der Waals surface area contributed by atoms with E-state index in [9.17, 15) is 8.42 Å². The van der Waals surface area contributed by atoms with Crippen molar-refractivity contribution in [2.45, 2.75) is 63.9 Å². The molecule has 0 unspecified atom stereocenters. The monoisotopic (exact) mass is 380 g/mol. The largest absolute Gasteiger partial charge is 0.487 e. The third kappa shape index (κ3) is 5.13. The maximum atomic E-state index is 11.4. The molecule has 1 aromatic rings. The van der Waals surface area contributed by atoms with Crippen LogP contribution in [0.3, 0.4) is 0 Å². The van der Waals surface area contributed by atoms with Crippen LogP contribution in [-0.4, -0.2) is 44.8 Å². The molecule has 1 saturated heterocycles. The van der Waals surface area contributed by atoms with Crippen LogP contribution in [-0.2, 0) is 16.4 Å². The number of benzene rings is 1. The van der Waals surface area contributed by atoms with Gasteiger partial charge >= 0.3 is 0 Å². The van der Waals surface area contributed by atoms with E-state index in [1.807, 2.05) is 12.1 Å². The Bertz CT molecular complexity index is 710. The van der Waals surface area contributed by atoms with Crippen LogP contribution in [0, 0.1) is 0 Å². The van der Waals surface area contributed by atoms with Crippen LogP contribution < -0.4 is 9.46 Å². The zero-order chi connectivity index (χ0) is 18.6.